The molecule has 116 valence electrons. The van der Waals surface area contributed by atoms with E-state index >= 15 is 0 Å². The van der Waals surface area contributed by atoms with E-state index in [1.54, 1.807) is 0 Å². The first-order valence-corrected chi connectivity index (χ1v) is 7.49. The fourth-order valence-corrected chi connectivity index (χ4v) is 3.17. The molecule has 1 aliphatic heterocycles. The van der Waals surface area contributed by atoms with Gasteiger partial charge in [0.1, 0.15) is 0 Å². The lowest BCUT2D eigenvalue weighted by atomic mass is 10.00. The van der Waals surface area contributed by atoms with Gasteiger partial charge in [-0.15, -0.1) is 0 Å². The van der Waals surface area contributed by atoms with Gasteiger partial charge in [0.2, 0.25) is 0 Å². The Morgan fingerprint density at radius 2 is 1.86 bits per heavy atom. The number of aryl methyl sites for hydroxylation is 1. The van der Waals surface area contributed by atoms with Crippen LogP contribution in [0.4, 0.5) is 0 Å². The van der Waals surface area contributed by atoms with Crippen molar-refractivity contribution in [3.05, 3.63) is 22.5 Å². The Bertz CT molecular complexity index is 554. The summed E-state index contributed by atoms with van der Waals surface area (Å²) in [4.78, 5) is 29.5. The number of hydrogen-bond acceptors (Lipinski definition) is 4. The number of nitrogens with zero attached hydrogens (tertiary/aromatic N) is 1. The second-order valence-corrected chi connectivity index (χ2v) is 5.99. The van der Waals surface area contributed by atoms with Crippen LogP contribution in [0.1, 0.15) is 58.8 Å². The molecule has 1 aliphatic rings. The highest BCUT2D eigenvalue weighted by molar-refractivity contribution is 6.05. The molecule has 2 rings (SSSR count). The number of hydrogen-bond donors (Lipinski definition) is 2. The predicted octanol–water partition coefficient (Wildman–Crippen LogP) is 1.86. The number of likely N-dealkylation sites (tertiary alicyclic amines) is 1. The van der Waals surface area contributed by atoms with Crippen LogP contribution in [0.3, 0.4) is 0 Å². The molecule has 0 aromatic carbocycles. The summed E-state index contributed by atoms with van der Waals surface area (Å²) in [6, 6.07) is -0.242. The monoisotopic (exact) mass is 292 g/mol. The maximum atomic E-state index is 12.7. The van der Waals surface area contributed by atoms with Crippen LogP contribution < -0.4 is 0 Å². The number of Topliss-reactive ketones (excluding diaryl/α,β-unsaturated/α-hetero) is 2. The number of ketones is 2. The summed E-state index contributed by atoms with van der Waals surface area (Å²) in [5.41, 5.74) is 2.66. The molecule has 2 heterocycles. The van der Waals surface area contributed by atoms with E-state index in [0.717, 1.165) is 24.3 Å². The second-order valence-electron chi connectivity index (χ2n) is 5.99. The third-order valence-corrected chi connectivity index (χ3v) is 4.46. The summed E-state index contributed by atoms with van der Waals surface area (Å²) in [7, 11) is 0. The van der Waals surface area contributed by atoms with Crippen LogP contribution in [-0.2, 0) is 0 Å². The van der Waals surface area contributed by atoms with Crippen molar-refractivity contribution in [2.24, 2.45) is 0 Å². The fraction of sp³-hybridized carbons (Fsp3) is 0.625. The molecule has 1 atom stereocenters. The van der Waals surface area contributed by atoms with E-state index in [1.807, 2.05) is 20.8 Å². The lowest BCUT2D eigenvalue weighted by molar-refractivity contribution is 0.0546. The molecule has 21 heavy (non-hydrogen) atoms. The molecule has 0 saturated carbocycles. The molecule has 2 N–H and O–H groups in total. The molecule has 1 fully saturated rings. The van der Waals surface area contributed by atoms with Crippen LogP contribution in [-0.4, -0.2) is 51.8 Å². The number of carbonyl (C=O) groups excluding carboxylic acids is 2. The van der Waals surface area contributed by atoms with Crippen LogP contribution in [0.15, 0.2) is 0 Å². The normalized spacial score (nSPS) is 18.7. The lowest BCUT2D eigenvalue weighted by Gasteiger charge is -2.33. The minimum absolute atomic E-state index is 0.0134. The van der Waals surface area contributed by atoms with Gasteiger partial charge in [-0.1, -0.05) is 0 Å². The molecule has 5 heteroatoms. The number of aliphatic hydroxyl groups is 1. The van der Waals surface area contributed by atoms with E-state index in [0.29, 0.717) is 24.1 Å². The lowest BCUT2D eigenvalue weighted by Crippen LogP contribution is -2.45. The van der Waals surface area contributed by atoms with Crippen molar-refractivity contribution < 1.29 is 14.7 Å². The van der Waals surface area contributed by atoms with Crippen molar-refractivity contribution in [1.29, 1.82) is 0 Å². The number of aliphatic hydroxyl groups excluding tert-OH is 1. The molecule has 0 bridgehead atoms. The predicted molar refractivity (Wildman–Crippen MR) is 80.9 cm³/mol. The van der Waals surface area contributed by atoms with Gasteiger partial charge in [-0.2, -0.15) is 0 Å². The third kappa shape index (κ3) is 3.09. The molecule has 1 aromatic heterocycles. The summed E-state index contributed by atoms with van der Waals surface area (Å²) in [5.74, 6) is -0.00598. The van der Waals surface area contributed by atoms with E-state index in [2.05, 4.69) is 9.88 Å². The Morgan fingerprint density at radius 3 is 2.33 bits per heavy atom. The Morgan fingerprint density at radius 1 is 1.29 bits per heavy atom. The first-order valence-electron chi connectivity index (χ1n) is 7.49. The number of aromatic amines is 1. The smallest absolute Gasteiger partial charge is 0.196 e. The van der Waals surface area contributed by atoms with Gasteiger partial charge < -0.3 is 10.1 Å². The van der Waals surface area contributed by atoms with E-state index in [1.165, 1.54) is 6.92 Å². The van der Waals surface area contributed by atoms with Crippen LogP contribution >= 0.6 is 0 Å². The third-order valence-electron chi connectivity index (χ3n) is 4.46. The summed E-state index contributed by atoms with van der Waals surface area (Å²) >= 11 is 0. The minimum Gasteiger partial charge on any atom is -0.393 e. The molecular weight excluding hydrogens is 268 g/mol. The van der Waals surface area contributed by atoms with Gasteiger partial charge in [-0.3, -0.25) is 14.5 Å². The summed E-state index contributed by atoms with van der Waals surface area (Å²) in [5, 5.41) is 9.55. The first kappa shape index (κ1) is 15.9. The SMILES string of the molecule is CC(=O)c1c(C)[nH]c(C(=O)[C@@H](C)N2CCC(O)CC2)c1C. The van der Waals surface area contributed by atoms with Gasteiger partial charge in [0.05, 0.1) is 17.8 Å². The number of rotatable bonds is 4. The van der Waals surface area contributed by atoms with Gasteiger partial charge in [-0.05, 0) is 46.1 Å². The number of carbonyl (C=O) groups is 2. The van der Waals surface area contributed by atoms with Gasteiger partial charge >= 0.3 is 0 Å². The van der Waals surface area contributed by atoms with Gasteiger partial charge in [0.15, 0.2) is 11.6 Å². The fourth-order valence-electron chi connectivity index (χ4n) is 3.17. The van der Waals surface area contributed by atoms with Gasteiger partial charge in [-0.25, -0.2) is 0 Å². The first-order chi connectivity index (χ1) is 9.82. The van der Waals surface area contributed by atoms with Crippen LogP contribution in [0.25, 0.3) is 0 Å². The summed E-state index contributed by atoms with van der Waals surface area (Å²) in [6.07, 6.45) is 1.17. The molecule has 1 aromatic rings. The average molecular weight is 292 g/mol. The average Bonchev–Trinajstić information content (AvgIpc) is 2.73. The van der Waals surface area contributed by atoms with E-state index in [9.17, 15) is 14.7 Å². The Kier molecular flexibility index (Phi) is 4.64. The molecule has 1 saturated heterocycles. The van der Waals surface area contributed by atoms with Gasteiger partial charge in [0.25, 0.3) is 0 Å². The van der Waals surface area contributed by atoms with Crippen molar-refractivity contribution in [3.63, 3.8) is 0 Å². The van der Waals surface area contributed by atoms with Gasteiger partial charge in [0, 0.05) is 24.3 Å². The maximum Gasteiger partial charge on any atom is 0.196 e. The van der Waals surface area contributed by atoms with Crippen LogP contribution in [0, 0.1) is 13.8 Å². The highest BCUT2D eigenvalue weighted by Crippen LogP contribution is 2.22. The highest BCUT2D eigenvalue weighted by Gasteiger charge is 2.29. The summed E-state index contributed by atoms with van der Waals surface area (Å²) in [6.45, 7) is 8.51. The van der Waals surface area contributed by atoms with E-state index in [4.69, 9.17) is 0 Å². The number of nitrogens with one attached hydrogen (secondary N) is 1. The quantitative estimate of drug-likeness (QED) is 0.831. The molecule has 0 aliphatic carbocycles. The number of piperidine rings is 1. The number of aromatic nitrogens is 1. The zero-order chi connectivity index (χ0) is 15.7. The molecule has 0 radical (unpaired) electrons. The van der Waals surface area contributed by atoms with E-state index in [-0.39, 0.29) is 23.7 Å². The van der Waals surface area contributed by atoms with Crippen molar-refractivity contribution in [1.82, 2.24) is 9.88 Å². The van der Waals surface area contributed by atoms with Crippen molar-refractivity contribution >= 4 is 11.6 Å². The van der Waals surface area contributed by atoms with Crippen LogP contribution in [0.2, 0.25) is 0 Å². The zero-order valence-electron chi connectivity index (χ0n) is 13.2. The standard InChI is InChI=1S/C16H24N2O3/c1-9-14(12(4)19)10(2)17-15(9)16(21)11(3)18-7-5-13(20)6-8-18/h11,13,17,20H,5-8H2,1-4H3/t11-/m1/s1. The maximum absolute atomic E-state index is 12.7. The Balaban J connectivity index is 2.20. The molecule has 5 nitrogen and oxygen atoms in total. The topological polar surface area (TPSA) is 73.4 Å². The van der Waals surface area contributed by atoms with Crippen LogP contribution in [0.5, 0.6) is 0 Å². The Labute approximate surface area is 125 Å². The van der Waals surface area contributed by atoms with Crippen molar-refractivity contribution in [3.8, 4) is 0 Å². The summed E-state index contributed by atoms with van der Waals surface area (Å²) < 4.78 is 0. The molecule has 0 amide bonds. The molecular formula is C16H24N2O3. The second kappa shape index (κ2) is 6.12. The largest absolute Gasteiger partial charge is 0.393 e. The van der Waals surface area contributed by atoms with Crippen molar-refractivity contribution in [2.45, 2.75) is 52.7 Å². The van der Waals surface area contributed by atoms with E-state index < -0.39 is 0 Å². The highest BCUT2D eigenvalue weighted by atomic mass is 16.3. The molecule has 0 spiro atoms. The zero-order valence-corrected chi connectivity index (χ0v) is 13.2. The molecule has 0 unspecified atom stereocenters. The Hall–Kier alpha value is -1.46. The minimum atomic E-state index is -0.248. The number of H-pyrrole nitrogens is 1. The van der Waals surface area contributed by atoms with Crippen molar-refractivity contribution in [2.75, 3.05) is 13.1 Å².